The fourth-order valence-corrected chi connectivity index (χ4v) is 3.86. The third-order valence-electron chi connectivity index (χ3n) is 4.13. The molecule has 2 aromatic heterocycles. The predicted molar refractivity (Wildman–Crippen MR) is 114 cm³/mol. The van der Waals surface area contributed by atoms with Gasteiger partial charge >= 0.3 is 0 Å². The van der Waals surface area contributed by atoms with Crippen molar-refractivity contribution in [2.45, 2.75) is 20.8 Å². The molecule has 0 saturated carbocycles. The molecule has 0 atom stereocenters. The zero-order chi connectivity index (χ0) is 19.7. The number of fused-ring (bicyclic) bond motifs is 1. The largest absolute Gasteiger partial charge is 0.324 e. The van der Waals surface area contributed by atoms with Crippen LogP contribution in [0.1, 0.15) is 27.3 Å². The van der Waals surface area contributed by atoms with E-state index in [1.165, 1.54) is 16.9 Å². The zero-order valence-corrected chi connectivity index (χ0v) is 16.6. The molecule has 6 nitrogen and oxygen atoms in total. The summed E-state index contributed by atoms with van der Waals surface area (Å²) in [7, 11) is 0. The van der Waals surface area contributed by atoms with Gasteiger partial charge in [0.2, 0.25) is 5.95 Å². The lowest BCUT2D eigenvalue weighted by Crippen LogP contribution is -2.12. The molecule has 0 aliphatic rings. The topological polar surface area (TPSA) is 79.8 Å². The first-order valence-corrected chi connectivity index (χ1v) is 9.66. The van der Waals surface area contributed by atoms with Crippen LogP contribution in [0.4, 0.5) is 16.8 Å². The van der Waals surface area contributed by atoms with E-state index >= 15 is 0 Å². The molecule has 0 radical (unpaired) electrons. The Morgan fingerprint density at radius 2 is 1.71 bits per heavy atom. The van der Waals surface area contributed by atoms with E-state index in [1.54, 1.807) is 12.1 Å². The van der Waals surface area contributed by atoms with Crippen LogP contribution in [-0.4, -0.2) is 20.9 Å². The summed E-state index contributed by atoms with van der Waals surface area (Å²) in [5.74, 6) is 0.303. The molecule has 0 aliphatic carbocycles. The third-order valence-corrected chi connectivity index (χ3v) is 5.06. The van der Waals surface area contributed by atoms with Crippen LogP contribution in [0.5, 0.6) is 0 Å². The molecule has 7 heteroatoms. The summed E-state index contributed by atoms with van der Waals surface area (Å²) in [6.45, 7) is 5.88. The summed E-state index contributed by atoms with van der Waals surface area (Å²) < 4.78 is 1.05. The number of hydrogen-bond acceptors (Lipinski definition) is 6. The number of hydrogen-bond donors (Lipinski definition) is 2. The van der Waals surface area contributed by atoms with E-state index in [9.17, 15) is 4.79 Å². The molecule has 2 N–H and O–H groups in total. The molecule has 2 aromatic carbocycles. The van der Waals surface area contributed by atoms with Gasteiger partial charge in [0.25, 0.3) is 5.91 Å². The Kier molecular flexibility index (Phi) is 4.75. The van der Waals surface area contributed by atoms with E-state index in [0.29, 0.717) is 16.6 Å². The van der Waals surface area contributed by atoms with Gasteiger partial charge < -0.3 is 5.32 Å². The van der Waals surface area contributed by atoms with E-state index in [0.717, 1.165) is 27.3 Å². The van der Waals surface area contributed by atoms with Crippen molar-refractivity contribution in [1.82, 2.24) is 15.0 Å². The fourth-order valence-electron chi connectivity index (χ4n) is 2.90. The molecule has 0 saturated heterocycles. The van der Waals surface area contributed by atoms with E-state index < -0.39 is 0 Å². The van der Waals surface area contributed by atoms with Crippen LogP contribution in [0.2, 0.25) is 0 Å². The summed E-state index contributed by atoms with van der Waals surface area (Å²) in [6, 6.07) is 15.2. The van der Waals surface area contributed by atoms with E-state index in [-0.39, 0.29) is 5.91 Å². The number of benzene rings is 2. The minimum absolute atomic E-state index is 0.208. The van der Waals surface area contributed by atoms with Crippen molar-refractivity contribution in [3.05, 3.63) is 71.0 Å². The Hall–Kier alpha value is -3.32. The standard InChI is InChI=1S/C21H19N5OS/c1-12-7-8-17-18(9-12)28-21(25-17)26-19(27)15-5-4-6-16(11-15)24-20-22-13(2)10-14(3)23-20/h4-11H,1-3H3,(H,22,23,24)(H,25,26,27). The van der Waals surface area contributed by atoms with Crippen LogP contribution in [0.15, 0.2) is 48.5 Å². The molecule has 0 aliphatic heterocycles. The van der Waals surface area contributed by atoms with Gasteiger partial charge in [0.15, 0.2) is 5.13 Å². The highest BCUT2D eigenvalue weighted by Crippen LogP contribution is 2.27. The van der Waals surface area contributed by atoms with Crippen LogP contribution in [-0.2, 0) is 0 Å². The molecule has 0 fully saturated rings. The van der Waals surface area contributed by atoms with Gasteiger partial charge in [-0.3, -0.25) is 10.1 Å². The van der Waals surface area contributed by atoms with Crippen LogP contribution in [0.25, 0.3) is 10.2 Å². The highest BCUT2D eigenvalue weighted by molar-refractivity contribution is 7.22. The maximum Gasteiger partial charge on any atom is 0.257 e. The first-order chi connectivity index (χ1) is 13.5. The van der Waals surface area contributed by atoms with Gasteiger partial charge in [-0.05, 0) is 62.7 Å². The van der Waals surface area contributed by atoms with Crippen molar-refractivity contribution < 1.29 is 4.79 Å². The summed E-state index contributed by atoms with van der Waals surface area (Å²) in [5.41, 5.74) is 5.10. The lowest BCUT2D eigenvalue weighted by molar-refractivity contribution is 0.102. The zero-order valence-electron chi connectivity index (χ0n) is 15.8. The number of carbonyl (C=O) groups excluding carboxylic acids is 1. The molecule has 1 amide bonds. The van der Waals surface area contributed by atoms with Crippen molar-refractivity contribution in [3.8, 4) is 0 Å². The first kappa shape index (κ1) is 18.1. The molecule has 4 rings (SSSR count). The lowest BCUT2D eigenvalue weighted by atomic mass is 10.2. The lowest BCUT2D eigenvalue weighted by Gasteiger charge is -2.08. The van der Waals surface area contributed by atoms with Gasteiger partial charge in [-0.1, -0.05) is 23.5 Å². The number of amides is 1. The Labute approximate surface area is 166 Å². The monoisotopic (exact) mass is 389 g/mol. The minimum Gasteiger partial charge on any atom is -0.324 e. The molecular formula is C21H19N5OS. The molecular weight excluding hydrogens is 370 g/mol. The number of aromatic nitrogens is 3. The van der Waals surface area contributed by atoms with Crippen molar-refractivity contribution in [2.75, 3.05) is 10.6 Å². The van der Waals surface area contributed by atoms with Gasteiger partial charge in [0.05, 0.1) is 10.2 Å². The van der Waals surface area contributed by atoms with Gasteiger partial charge in [0, 0.05) is 22.6 Å². The maximum atomic E-state index is 12.7. The Bertz CT molecular complexity index is 1160. The van der Waals surface area contributed by atoms with Crippen molar-refractivity contribution in [2.24, 2.45) is 0 Å². The van der Waals surface area contributed by atoms with E-state index in [1.807, 2.05) is 51.1 Å². The number of nitrogens with one attached hydrogen (secondary N) is 2. The molecule has 28 heavy (non-hydrogen) atoms. The Morgan fingerprint density at radius 1 is 0.929 bits per heavy atom. The number of nitrogens with zero attached hydrogens (tertiary/aromatic N) is 3. The van der Waals surface area contributed by atoms with E-state index in [2.05, 4.69) is 31.7 Å². The summed E-state index contributed by atoms with van der Waals surface area (Å²) in [4.78, 5) is 25.9. The number of carbonyl (C=O) groups is 1. The van der Waals surface area contributed by atoms with Crippen molar-refractivity contribution in [3.63, 3.8) is 0 Å². The second kappa shape index (κ2) is 7.36. The molecule has 0 spiro atoms. The summed E-state index contributed by atoms with van der Waals surface area (Å²) in [5, 5.41) is 6.63. The predicted octanol–water partition coefficient (Wildman–Crippen LogP) is 5.01. The second-order valence-corrected chi connectivity index (χ2v) is 7.66. The van der Waals surface area contributed by atoms with Crippen LogP contribution in [0.3, 0.4) is 0 Å². The normalized spacial score (nSPS) is 10.8. The number of rotatable bonds is 4. The molecule has 4 aromatic rings. The second-order valence-electron chi connectivity index (χ2n) is 6.62. The van der Waals surface area contributed by atoms with Gasteiger partial charge in [-0.2, -0.15) is 0 Å². The molecule has 2 heterocycles. The third kappa shape index (κ3) is 3.99. The first-order valence-electron chi connectivity index (χ1n) is 8.84. The number of thiazole rings is 1. The quantitative estimate of drug-likeness (QED) is 0.513. The summed E-state index contributed by atoms with van der Waals surface area (Å²) in [6.07, 6.45) is 0. The highest BCUT2D eigenvalue weighted by Gasteiger charge is 2.11. The average molecular weight is 389 g/mol. The summed E-state index contributed by atoms with van der Waals surface area (Å²) >= 11 is 1.47. The SMILES string of the molecule is Cc1ccc2nc(NC(=O)c3cccc(Nc4nc(C)cc(C)n4)c3)sc2c1. The van der Waals surface area contributed by atoms with Crippen molar-refractivity contribution >= 4 is 44.2 Å². The van der Waals surface area contributed by atoms with Gasteiger partial charge in [0.1, 0.15) is 0 Å². The van der Waals surface area contributed by atoms with Gasteiger partial charge in [-0.25, -0.2) is 15.0 Å². The maximum absolute atomic E-state index is 12.7. The molecule has 0 unspecified atom stereocenters. The smallest absolute Gasteiger partial charge is 0.257 e. The van der Waals surface area contributed by atoms with E-state index in [4.69, 9.17) is 0 Å². The van der Waals surface area contributed by atoms with Crippen molar-refractivity contribution in [1.29, 1.82) is 0 Å². The Morgan fingerprint density at radius 3 is 2.50 bits per heavy atom. The number of aryl methyl sites for hydroxylation is 3. The van der Waals surface area contributed by atoms with Crippen LogP contribution in [0, 0.1) is 20.8 Å². The highest BCUT2D eigenvalue weighted by atomic mass is 32.1. The average Bonchev–Trinajstić information content (AvgIpc) is 3.02. The fraction of sp³-hybridized carbons (Fsp3) is 0.143. The molecule has 0 bridgehead atoms. The van der Waals surface area contributed by atoms with Crippen LogP contribution < -0.4 is 10.6 Å². The molecule has 140 valence electrons. The minimum atomic E-state index is -0.208. The Balaban J connectivity index is 1.53. The number of anilines is 3. The van der Waals surface area contributed by atoms with Gasteiger partial charge in [-0.15, -0.1) is 0 Å². The van der Waals surface area contributed by atoms with Crippen LogP contribution >= 0.6 is 11.3 Å².